The van der Waals surface area contributed by atoms with Gasteiger partial charge in [-0.3, -0.25) is 14.5 Å². The van der Waals surface area contributed by atoms with E-state index in [0.717, 1.165) is 75.7 Å². The van der Waals surface area contributed by atoms with Crippen molar-refractivity contribution in [3.63, 3.8) is 0 Å². The third kappa shape index (κ3) is 4.50. The van der Waals surface area contributed by atoms with Crippen molar-refractivity contribution < 1.29 is 19.4 Å². The molecule has 2 bridgehead atoms. The molecule has 1 atom stereocenters. The van der Waals surface area contributed by atoms with Gasteiger partial charge >= 0.3 is 11.9 Å². The highest BCUT2D eigenvalue weighted by Crippen LogP contribution is 2.42. The van der Waals surface area contributed by atoms with Crippen molar-refractivity contribution in [2.75, 3.05) is 19.6 Å². The second kappa shape index (κ2) is 8.86. The Labute approximate surface area is 173 Å². The van der Waals surface area contributed by atoms with E-state index < -0.39 is 11.4 Å². The molecule has 5 nitrogen and oxygen atoms in total. The Morgan fingerprint density at radius 1 is 1.07 bits per heavy atom. The van der Waals surface area contributed by atoms with E-state index in [-0.39, 0.29) is 18.5 Å². The Bertz CT molecular complexity index is 715. The molecule has 1 aromatic carbocycles. The second-order valence-electron chi connectivity index (χ2n) is 9.17. The fraction of sp³-hybridized carbons (Fsp3) is 0.667. The SMILES string of the molecule is O=C(O)CCCc1ccc(C2(C(=O)O[C@H]3CN4CCC3CC4)CCCCC2)cc1. The first-order valence-electron chi connectivity index (χ1n) is 11.3. The van der Waals surface area contributed by atoms with Gasteiger partial charge in [0.2, 0.25) is 0 Å². The predicted octanol–water partition coefficient (Wildman–Crippen LogP) is 3.93. The Balaban J connectivity index is 1.47. The summed E-state index contributed by atoms with van der Waals surface area (Å²) in [5.74, 6) is -0.242. The molecule has 1 N–H and O–H groups in total. The van der Waals surface area contributed by atoms with Crippen LogP contribution in [0.5, 0.6) is 0 Å². The summed E-state index contributed by atoms with van der Waals surface area (Å²) in [6.45, 7) is 3.19. The molecule has 1 aromatic rings. The summed E-state index contributed by atoms with van der Waals surface area (Å²) >= 11 is 0. The topological polar surface area (TPSA) is 66.8 Å². The van der Waals surface area contributed by atoms with Crippen molar-refractivity contribution in [1.29, 1.82) is 0 Å². The van der Waals surface area contributed by atoms with Gasteiger partial charge in [0.05, 0.1) is 5.41 Å². The summed E-state index contributed by atoms with van der Waals surface area (Å²) in [4.78, 5) is 26.6. The van der Waals surface area contributed by atoms with E-state index >= 15 is 0 Å². The van der Waals surface area contributed by atoms with Crippen molar-refractivity contribution in [2.24, 2.45) is 5.92 Å². The lowest BCUT2D eigenvalue weighted by Crippen LogP contribution is -2.53. The molecule has 1 aliphatic carbocycles. The number of benzene rings is 1. The Kier molecular flexibility index (Phi) is 6.23. The standard InChI is InChI=1S/C24H33NO4/c26-22(27)6-4-5-18-7-9-20(10-8-18)24(13-2-1-3-14-24)23(28)29-21-17-25-15-11-19(21)12-16-25/h7-10,19,21H,1-6,11-17H2,(H,26,27)/t21-/m0/s1. The summed E-state index contributed by atoms with van der Waals surface area (Å²) in [5, 5.41) is 8.82. The summed E-state index contributed by atoms with van der Waals surface area (Å²) < 4.78 is 6.20. The smallest absolute Gasteiger partial charge is 0.316 e. The number of carboxylic acids is 1. The lowest BCUT2D eigenvalue weighted by atomic mass is 9.69. The van der Waals surface area contributed by atoms with Crippen LogP contribution in [0.4, 0.5) is 0 Å². The number of aliphatic carboxylic acids is 1. The number of carbonyl (C=O) groups is 2. The highest BCUT2D eigenvalue weighted by Gasteiger charge is 2.45. The second-order valence-corrected chi connectivity index (χ2v) is 9.17. The van der Waals surface area contributed by atoms with Crippen LogP contribution in [0.2, 0.25) is 0 Å². The molecule has 29 heavy (non-hydrogen) atoms. The van der Waals surface area contributed by atoms with Crippen LogP contribution in [-0.2, 0) is 26.2 Å². The monoisotopic (exact) mass is 399 g/mol. The molecular formula is C24H33NO4. The average Bonchev–Trinajstić information content (AvgIpc) is 2.75. The van der Waals surface area contributed by atoms with Crippen LogP contribution in [0.15, 0.2) is 24.3 Å². The van der Waals surface area contributed by atoms with Crippen LogP contribution in [0.25, 0.3) is 0 Å². The molecule has 158 valence electrons. The molecule has 5 heteroatoms. The van der Waals surface area contributed by atoms with Gasteiger partial charge in [0, 0.05) is 13.0 Å². The number of esters is 1. The third-order valence-electron chi connectivity index (χ3n) is 7.32. The van der Waals surface area contributed by atoms with E-state index in [2.05, 4.69) is 29.2 Å². The van der Waals surface area contributed by atoms with E-state index in [1.54, 1.807) is 0 Å². The maximum Gasteiger partial charge on any atom is 0.316 e. The van der Waals surface area contributed by atoms with Crippen molar-refractivity contribution in [3.8, 4) is 0 Å². The fourth-order valence-electron chi connectivity index (χ4n) is 5.49. The minimum absolute atomic E-state index is 0.0189. The van der Waals surface area contributed by atoms with E-state index in [0.29, 0.717) is 12.3 Å². The van der Waals surface area contributed by atoms with Crippen molar-refractivity contribution >= 4 is 11.9 Å². The first kappa shape index (κ1) is 20.4. The lowest BCUT2D eigenvalue weighted by molar-refractivity contribution is -0.167. The highest BCUT2D eigenvalue weighted by molar-refractivity contribution is 5.83. The number of carboxylic acid groups (broad SMARTS) is 1. The minimum Gasteiger partial charge on any atom is -0.481 e. The van der Waals surface area contributed by atoms with Gasteiger partial charge in [0.1, 0.15) is 6.10 Å². The highest BCUT2D eigenvalue weighted by atomic mass is 16.5. The molecule has 0 unspecified atom stereocenters. The first-order chi connectivity index (χ1) is 14.1. The molecular weight excluding hydrogens is 366 g/mol. The van der Waals surface area contributed by atoms with Crippen LogP contribution < -0.4 is 0 Å². The van der Waals surface area contributed by atoms with Gasteiger partial charge in [-0.2, -0.15) is 0 Å². The van der Waals surface area contributed by atoms with Gasteiger partial charge in [0.15, 0.2) is 0 Å². The van der Waals surface area contributed by atoms with Crippen molar-refractivity contribution in [1.82, 2.24) is 4.90 Å². The predicted molar refractivity (Wildman–Crippen MR) is 111 cm³/mol. The third-order valence-corrected chi connectivity index (χ3v) is 7.32. The van der Waals surface area contributed by atoms with Crippen LogP contribution in [0.1, 0.15) is 68.9 Å². The number of ether oxygens (including phenoxy) is 1. The average molecular weight is 400 g/mol. The molecule has 3 aliphatic heterocycles. The Morgan fingerprint density at radius 3 is 2.34 bits per heavy atom. The van der Waals surface area contributed by atoms with Crippen molar-refractivity contribution in [3.05, 3.63) is 35.4 Å². The number of aryl methyl sites for hydroxylation is 1. The molecule has 0 spiro atoms. The van der Waals surface area contributed by atoms with Crippen molar-refractivity contribution in [2.45, 2.75) is 75.7 Å². The van der Waals surface area contributed by atoms with Crippen LogP contribution in [-0.4, -0.2) is 47.7 Å². The molecule has 4 fully saturated rings. The summed E-state index contributed by atoms with van der Waals surface area (Å²) in [6, 6.07) is 8.29. The zero-order valence-corrected chi connectivity index (χ0v) is 17.3. The maximum atomic E-state index is 13.5. The Hall–Kier alpha value is -1.88. The van der Waals surface area contributed by atoms with E-state index in [1.165, 1.54) is 6.42 Å². The van der Waals surface area contributed by atoms with Crippen LogP contribution in [0, 0.1) is 5.92 Å². The summed E-state index contributed by atoms with van der Waals surface area (Å²) in [5.41, 5.74) is 1.70. The molecule has 1 saturated carbocycles. The number of hydrogen-bond donors (Lipinski definition) is 1. The molecule has 0 radical (unpaired) electrons. The van der Waals surface area contributed by atoms with Gasteiger partial charge in [-0.05, 0) is 68.7 Å². The van der Waals surface area contributed by atoms with Gasteiger partial charge in [0.25, 0.3) is 0 Å². The quantitative estimate of drug-likeness (QED) is 0.704. The molecule has 3 heterocycles. The largest absolute Gasteiger partial charge is 0.481 e. The van der Waals surface area contributed by atoms with Gasteiger partial charge < -0.3 is 9.84 Å². The number of nitrogens with zero attached hydrogens (tertiary/aromatic N) is 1. The fourth-order valence-corrected chi connectivity index (χ4v) is 5.49. The normalized spacial score (nSPS) is 28.1. The van der Waals surface area contributed by atoms with Crippen LogP contribution >= 0.6 is 0 Å². The zero-order valence-electron chi connectivity index (χ0n) is 17.3. The summed E-state index contributed by atoms with van der Waals surface area (Å²) in [7, 11) is 0. The van der Waals surface area contributed by atoms with E-state index in [9.17, 15) is 9.59 Å². The molecule has 4 aliphatic rings. The number of fused-ring (bicyclic) bond motifs is 3. The van der Waals surface area contributed by atoms with Gasteiger partial charge in [-0.15, -0.1) is 0 Å². The lowest BCUT2D eigenvalue weighted by Gasteiger charge is -2.45. The first-order valence-corrected chi connectivity index (χ1v) is 11.3. The van der Waals surface area contributed by atoms with Gasteiger partial charge in [-0.1, -0.05) is 43.5 Å². The van der Waals surface area contributed by atoms with Gasteiger partial charge in [-0.25, -0.2) is 0 Å². The molecule has 3 saturated heterocycles. The molecule has 5 rings (SSSR count). The Morgan fingerprint density at radius 2 is 1.76 bits per heavy atom. The molecule has 0 amide bonds. The van der Waals surface area contributed by atoms with Crippen LogP contribution in [0.3, 0.4) is 0 Å². The summed E-state index contributed by atoms with van der Waals surface area (Å²) in [6.07, 6.45) is 8.98. The number of hydrogen-bond acceptors (Lipinski definition) is 4. The number of carbonyl (C=O) groups excluding carboxylic acids is 1. The van der Waals surface area contributed by atoms with E-state index in [1.807, 2.05) is 0 Å². The molecule has 0 aromatic heterocycles. The minimum atomic E-state index is -0.752. The number of piperidine rings is 3. The zero-order chi connectivity index (χ0) is 20.3. The maximum absolute atomic E-state index is 13.5. The van der Waals surface area contributed by atoms with E-state index in [4.69, 9.17) is 9.84 Å². The number of rotatable bonds is 7.